The number of carbonyl (C=O) groups excluding carboxylic acids is 1. The van der Waals surface area contributed by atoms with Crippen LogP contribution >= 0.6 is 0 Å². The first-order valence-electron chi connectivity index (χ1n) is 6.63. The van der Waals surface area contributed by atoms with E-state index in [0.29, 0.717) is 19.1 Å². The van der Waals surface area contributed by atoms with Crippen LogP contribution in [0.25, 0.3) is 0 Å². The van der Waals surface area contributed by atoms with Crippen LogP contribution in [0.1, 0.15) is 32.3 Å². The molecule has 1 aromatic carbocycles. The van der Waals surface area contributed by atoms with Crippen molar-refractivity contribution in [2.45, 2.75) is 39.3 Å². The number of nitrogens with one attached hydrogen (secondary N) is 1. The van der Waals surface area contributed by atoms with Gasteiger partial charge in [-0.25, -0.2) is 0 Å². The summed E-state index contributed by atoms with van der Waals surface area (Å²) < 4.78 is 10.3. The second kappa shape index (κ2) is 8.53. The van der Waals surface area contributed by atoms with E-state index < -0.39 is 0 Å². The Hall–Kier alpha value is -1.55. The maximum atomic E-state index is 11.5. The second-order valence-corrected chi connectivity index (χ2v) is 4.72. The molecule has 0 aromatic heterocycles. The van der Waals surface area contributed by atoms with Gasteiger partial charge in [0.05, 0.1) is 7.11 Å². The number of hydrogen-bond donors (Lipinski definition) is 1. The van der Waals surface area contributed by atoms with E-state index in [9.17, 15) is 4.79 Å². The molecule has 0 aliphatic carbocycles. The van der Waals surface area contributed by atoms with E-state index in [1.165, 1.54) is 0 Å². The zero-order chi connectivity index (χ0) is 14.1. The number of benzene rings is 1. The molecule has 0 radical (unpaired) electrons. The standard InChI is InChI=1S/C15H23NO3/c1-12(2)16-9-5-8-15(17)19-11-13-6-4-7-14(10-13)18-3/h4,6-7,10,12,16H,5,8-9,11H2,1-3H3. The molecule has 1 rings (SSSR count). The van der Waals surface area contributed by atoms with Gasteiger partial charge in [0, 0.05) is 12.5 Å². The first kappa shape index (κ1) is 15.5. The maximum absolute atomic E-state index is 11.5. The molecule has 0 atom stereocenters. The topological polar surface area (TPSA) is 47.6 Å². The van der Waals surface area contributed by atoms with E-state index in [-0.39, 0.29) is 5.97 Å². The summed E-state index contributed by atoms with van der Waals surface area (Å²) in [6.45, 7) is 5.31. The van der Waals surface area contributed by atoms with E-state index in [4.69, 9.17) is 9.47 Å². The molecule has 1 aromatic rings. The molecule has 4 nitrogen and oxygen atoms in total. The second-order valence-electron chi connectivity index (χ2n) is 4.72. The van der Waals surface area contributed by atoms with Crippen LogP contribution in [-0.2, 0) is 16.1 Å². The van der Waals surface area contributed by atoms with Crippen molar-refractivity contribution in [2.24, 2.45) is 0 Å². The fourth-order valence-electron chi connectivity index (χ4n) is 1.62. The molecule has 4 heteroatoms. The third-order valence-electron chi connectivity index (χ3n) is 2.64. The van der Waals surface area contributed by atoms with Gasteiger partial charge < -0.3 is 14.8 Å². The van der Waals surface area contributed by atoms with Gasteiger partial charge >= 0.3 is 5.97 Å². The van der Waals surface area contributed by atoms with Crippen LogP contribution in [0.15, 0.2) is 24.3 Å². The Bertz CT molecular complexity index is 391. The lowest BCUT2D eigenvalue weighted by atomic mass is 10.2. The highest BCUT2D eigenvalue weighted by atomic mass is 16.5. The van der Waals surface area contributed by atoms with Crippen LogP contribution in [0.4, 0.5) is 0 Å². The molecule has 0 bridgehead atoms. The molecular formula is C15H23NO3. The summed E-state index contributed by atoms with van der Waals surface area (Å²) >= 11 is 0. The molecular weight excluding hydrogens is 242 g/mol. The fraction of sp³-hybridized carbons (Fsp3) is 0.533. The Morgan fingerprint density at radius 2 is 2.16 bits per heavy atom. The van der Waals surface area contributed by atoms with Gasteiger partial charge in [-0.05, 0) is 30.7 Å². The SMILES string of the molecule is COc1cccc(COC(=O)CCCNC(C)C)c1. The van der Waals surface area contributed by atoms with Crippen LogP contribution in [0.2, 0.25) is 0 Å². The minimum Gasteiger partial charge on any atom is -0.497 e. The Balaban J connectivity index is 2.22. The van der Waals surface area contributed by atoms with Gasteiger partial charge in [0.25, 0.3) is 0 Å². The average molecular weight is 265 g/mol. The van der Waals surface area contributed by atoms with Crippen molar-refractivity contribution in [3.8, 4) is 5.75 Å². The third kappa shape index (κ3) is 6.82. The van der Waals surface area contributed by atoms with Crippen LogP contribution in [-0.4, -0.2) is 25.7 Å². The largest absolute Gasteiger partial charge is 0.497 e. The molecule has 0 aliphatic heterocycles. The van der Waals surface area contributed by atoms with E-state index in [1.807, 2.05) is 24.3 Å². The Morgan fingerprint density at radius 1 is 1.37 bits per heavy atom. The molecule has 0 heterocycles. The monoisotopic (exact) mass is 265 g/mol. The highest BCUT2D eigenvalue weighted by Gasteiger charge is 2.04. The van der Waals surface area contributed by atoms with Crippen molar-refractivity contribution in [2.75, 3.05) is 13.7 Å². The average Bonchev–Trinajstić information content (AvgIpc) is 2.41. The third-order valence-corrected chi connectivity index (χ3v) is 2.64. The molecule has 0 spiro atoms. The number of methoxy groups -OCH3 is 1. The number of hydrogen-bond acceptors (Lipinski definition) is 4. The van der Waals surface area contributed by atoms with Crippen molar-refractivity contribution < 1.29 is 14.3 Å². The summed E-state index contributed by atoms with van der Waals surface area (Å²) in [5.74, 6) is 0.614. The summed E-state index contributed by atoms with van der Waals surface area (Å²) in [5, 5.41) is 3.27. The first-order valence-corrected chi connectivity index (χ1v) is 6.63. The molecule has 0 fully saturated rings. The summed E-state index contributed by atoms with van der Waals surface area (Å²) in [6, 6.07) is 7.98. The number of esters is 1. The van der Waals surface area contributed by atoms with Gasteiger partial charge in [0.2, 0.25) is 0 Å². The lowest BCUT2D eigenvalue weighted by Crippen LogP contribution is -2.24. The number of ether oxygens (including phenoxy) is 2. The molecule has 0 unspecified atom stereocenters. The zero-order valence-electron chi connectivity index (χ0n) is 11.9. The highest BCUT2D eigenvalue weighted by Crippen LogP contribution is 2.13. The minimum absolute atomic E-state index is 0.159. The summed E-state index contributed by atoms with van der Waals surface area (Å²) in [7, 11) is 1.62. The lowest BCUT2D eigenvalue weighted by molar-refractivity contribution is -0.145. The number of carbonyl (C=O) groups is 1. The molecule has 19 heavy (non-hydrogen) atoms. The van der Waals surface area contributed by atoms with Crippen LogP contribution in [0.5, 0.6) is 5.75 Å². The van der Waals surface area contributed by atoms with E-state index >= 15 is 0 Å². The smallest absolute Gasteiger partial charge is 0.306 e. The van der Waals surface area contributed by atoms with Crippen molar-refractivity contribution in [1.29, 1.82) is 0 Å². The van der Waals surface area contributed by atoms with Crippen molar-refractivity contribution in [3.05, 3.63) is 29.8 Å². The van der Waals surface area contributed by atoms with Gasteiger partial charge in [0.15, 0.2) is 0 Å². The summed E-state index contributed by atoms with van der Waals surface area (Å²) in [6.07, 6.45) is 1.25. The normalized spacial score (nSPS) is 10.5. The van der Waals surface area contributed by atoms with Crippen molar-refractivity contribution in [3.63, 3.8) is 0 Å². The highest BCUT2D eigenvalue weighted by molar-refractivity contribution is 5.69. The molecule has 0 saturated carbocycles. The quantitative estimate of drug-likeness (QED) is 0.579. The van der Waals surface area contributed by atoms with Gasteiger partial charge in [-0.1, -0.05) is 26.0 Å². The minimum atomic E-state index is -0.159. The van der Waals surface area contributed by atoms with E-state index in [0.717, 1.165) is 24.3 Å². The lowest BCUT2D eigenvalue weighted by Gasteiger charge is -2.08. The predicted octanol–water partition coefficient (Wildman–Crippen LogP) is 2.52. The zero-order valence-corrected chi connectivity index (χ0v) is 11.9. The van der Waals surface area contributed by atoms with E-state index in [1.54, 1.807) is 7.11 Å². The Labute approximate surface area is 115 Å². The van der Waals surface area contributed by atoms with Crippen molar-refractivity contribution >= 4 is 5.97 Å². The van der Waals surface area contributed by atoms with Gasteiger partial charge in [-0.15, -0.1) is 0 Å². The van der Waals surface area contributed by atoms with Crippen LogP contribution in [0.3, 0.4) is 0 Å². The first-order chi connectivity index (χ1) is 9.11. The maximum Gasteiger partial charge on any atom is 0.306 e. The van der Waals surface area contributed by atoms with Crippen LogP contribution < -0.4 is 10.1 Å². The fourth-order valence-corrected chi connectivity index (χ4v) is 1.62. The van der Waals surface area contributed by atoms with Gasteiger partial charge in [0.1, 0.15) is 12.4 Å². The number of rotatable bonds is 8. The van der Waals surface area contributed by atoms with E-state index in [2.05, 4.69) is 19.2 Å². The molecule has 106 valence electrons. The summed E-state index contributed by atoms with van der Waals surface area (Å²) in [5.41, 5.74) is 0.938. The molecule has 0 amide bonds. The molecule has 1 N–H and O–H groups in total. The molecule has 0 saturated heterocycles. The summed E-state index contributed by atoms with van der Waals surface area (Å²) in [4.78, 5) is 11.5. The Kier molecular flexibility index (Phi) is 6.97. The predicted molar refractivity (Wildman–Crippen MR) is 75.2 cm³/mol. The molecule has 0 aliphatic rings. The van der Waals surface area contributed by atoms with Crippen LogP contribution in [0, 0.1) is 0 Å². The Morgan fingerprint density at radius 3 is 2.84 bits per heavy atom. The van der Waals surface area contributed by atoms with Gasteiger partial charge in [-0.3, -0.25) is 4.79 Å². The van der Waals surface area contributed by atoms with Gasteiger partial charge in [-0.2, -0.15) is 0 Å². The van der Waals surface area contributed by atoms with Crippen molar-refractivity contribution in [1.82, 2.24) is 5.32 Å².